The number of carbonyl (C=O) groups is 4. The first-order valence-electron chi connectivity index (χ1n) is 5.02. The minimum Gasteiger partial charge on any atom is -0.463 e. The number of nitrogens with one attached hydrogen (secondary N) is 1. The van der Waals surface area contributed by atoms with Crippen LogP contribution in [0.25, 0.3) is 0 Å². The summed E-state index contributed by atoms with van der Waals surface area (Å²) < 4.78 is 9.09. The second-order valence-corrected chi connectivity index (χ2v) is 3.16. The minimum absolute atomic E-state index is 0.188. The second kappa shape index (κ2) is 7.37. The highest BCUT2D eigenvalue weighted by Crippen LogP contribution is 1.90. The SMILES string of the molecule is CCOC(=O)COC(=O)[C@H](C)NC(=O)C(C)=O. The molecule has 0 bridgehead atoms. The van der Waals surface area contributed by atoms with E-state index >= 15 is 0 Å². The van der Waals surface area contributed by atoms with Crippen LogP contribution in [-0.4, -0.2) is 42.9 Å². The quantitative estimate of drug-likeness (QED) is 0.485. The summed E-state index contributed by atoms with van der Waals surface area (Å²) in [5.41, 5.74) is 0. The highest BCUT2D eigenvalue weighted by Gasteiger charge is 2.20. The Morgan fingerprint density at radius 3 is 2.24 bits per heavy atom. The van der Waals surface area contributed by atoms with Gasteiger partial charge in [0.2, 0.25) is 5.78 Å². The Labute approximate surface area is 98.4 Å². The van der Waals surface area contributed by atoms with Crippen molar-refractivity contribution < 1.29 is 28.7 Å². The van der Waals surface area contributed by atoms with Crippen LogP contribution in [0.15, 0.2) is 0 Å². The van der Waals surface area contributed by atoms with E-state index in [2.05, 4.69) is 14.8 Å². The van der Waals surface area contributed by atoms with Crippen molar-refractivity contribution in [1.29, 1.82) is 0 Å². The van der Waals surface area contributed by atoms with Crippen LogP contribution in [0, 0.1) is 0 Å². The Bertz CT molecular complexity index is 325. The number of rotatable bonds is 6. The van der Waals surface area contributed by atoms with Crippen LogP contribution < -0.4 is 5.32 Å². The van der Waals surface area contributed by atoms with Crippen LogP contribution in [0.5, 0.6) is 0 Å². The molecule has 0 aromatic carbocycles. The van der Waals surface area contributed by atoms with Gasteiger partial charge >= 0.3 is 11.9 Å². The summed E-state index contributed by atoms with van der Waals surface area (Å²) in [7, 11) is 0. The second-order valence-electron chi connectivity index (χ2n) is 3.16. The van der Waals surface area contributed by atoms with Crippen molar-refractivity contribution in [2.45, 2.75) is 26.8 Å². The van der Waals surface area contributed by atoms with Crippen LogP contribution >= 0.6 is 0 Å². The molecule has 96 valence electrons. The molecule has 1 N–H and O–H groups in total. The van der Waals surface area contributed by atoms with Gasteiger partial charge in [0.1, 0.15) is 6.04 Å². The number of ether oxygens (including phenoxy) is 2. The van der Waals surface area contributed by atoms with Gasteiger partial charge in [0, 0.05) is 6.92 Å². The Balaban J connectivity index is 4.02. The molecule has 1 amide bonds. The molecule has 17 heavy (non-hydrogen) atoms. The number of Topliss-reactive ketones (excluding diaryl/α,β-unsaturated/α-hetero) is 1. The highest BCUT2D eigenvalue weighted by molar-refractivity contribution is 6.35. The van der Waals surface area contributed by atoms with Gasteiger partial charge in [-0.3, -0.25) is 9.59 Å². The summed E-state index contributed by atoms with van der Waals surface area (Å²) in [5, 5.41) is 2.12. The molecular weight excluding hydrogens is 230 g/mol. The predicted octanol–water partition coefficient (Wildman–Crippen LogP) is -0.814. The summed E-state index contributed by atoms with van der Waals surface area (Å²) in [6.45, 7) is 3.70. The average molecular weight is 245 g/mol. The first kappa shape index (κ1) is 15.1. The number of hydrogen-bond donors (Lipinski definition) is 1. The highest BCUT2D eigenvalue weighted by atomic mass is 16.6. The van der Waals surface area contributed by atoms with E-state index in [1.165, 1.54) is 6.92 Å². The van der Waals surface area contributed by atoms with Gasteiger partial charge < -0.3 is 14.8 Å². The first-order valence-corrected chi connectivity index (χ1v) is 5.02. The molecule has 7 heteroatoms. The van der Waals surface area contributed by atoms with E-state index in [1.54, 1.807) is 6.92 Å². The standard InChI is InChI=1S/C10H15NO6/c1-4-16-8(13)5-17-10(15)6(2)11-9(14)7(3)12/h6H,4-5H2,1-3H3,(H,11,14)/t6-/m0/s1. The van der Waals surface area contributed by atoms with Gasteiger partial charge in [-0.25, -0.2) is 9.59 Å². The third-order valence-corrected chi connectivity index (χ3v) is 1.66. The molecule has 0 spiro atoms. The smallest absolute Gasteiger partial charge is 0.344 e. The molecule has 0 unspecified atom stereocenters. The number of carbonyl (C=O) groups excluding carboxylic acids is 4. The Kier molecular flexibility index (Phi) is 6.54. The fourth-order valence-electron chi connectivity index (χ4n) is 0.815. The molecular formula is C10H15NO6. The van der Waals surface area contributed by atoms with Crippen LogP contribution in [0.2, 0.25) is 0 Å². The minimum atomic E-state index is -0.999. The van der Waals surface area contributed by atoms with E-state index < -0.39 is 36.3 Å². The van der Waals surface area contributed by atoms with Gasteiger partial charge in [0.15, 0.2) is 6.61 Å². The van der Waals surface area contributed by atoms with Gasteiger partial charge in [-0.2, -0.15) is 0 Å². The lowest BCUT2D eigenvalue weighted by Crippen LogP contribution is -2.42. The molecule has 1 atom stereocenters. The topological polar surface area (TPSA) is 98.8 Å². The maximum absolute atomic E-state index is 11.3. The summed E-state index contributed by atoms with van der Waals surface area (Å²) in [6.07, 6.45) is 0. The summed E-state index contributed by atoms with van der Waals surface area (Å²) in [4.78, 5) is 43.7. The molecule has 0 aliphatic rings. The predicted molar refractivity (Wildman–Crippen MR) is 55.9 cm³/mol. The normalized spacial score (nSPS) is 11.2. The van der Waals surface area contributed by atoms with E-state index in [1.807, 2.05) is 0 Å². The fourth-order valence-corrected chi connectivity index (χ4v) is 0.815. The van der Waals surface area contributed by atoms with Gasteiger partial charge in [-0.05, 0) is 13.8 Å². The molecule has 0 aliphatic carbocycles. The lowest BCUT2D eigenvalue weighted by Gasteiger charge is -2.11. The maximum Gasteiger partial charge on any atom is 0.344 e. The molecule has 0 aromatic heterocycles. The Morgan fingerprint density at radius 2 is 1.76 bits per heavy atom. The molecule has 0 aromatic rings. The Hall–Kier alpha value is -1.92. The molecule has 0 saturated carbocycles. The lowest BCUT2D eigenvalue weighted by atomic mass is 10.3. The third kappa shape index (κ3) is 6.29. The van der Waals surface area contributed by atoms with Crippen LogP contribution in [0.1, 0.15) is 20.8 Å². The lowest BCUT2D eigenvalue weighted by molar-refractivity contribution is -0.160. The maximum atomic E-state index is 11.3. The molecule has 0 rings (SSSR count). The van der Waals surface area contributed by atoms with E-state index in [9.17, 15) is 19.2 Å². The number of esters is 2. The third-order valence-electron chi connectivity index (χ3n) is 1.66. The molecule has 0 heterocycles. The van der Waals surface area contributed by atoms with E-state index in [0.717, 1.165) is 6.92 Å². The van der Waals surface area contributed by atoms with Crippen LogP contribution in [-0.2, 0) is 28.7 Å². The molecule has 7 nitrogen and oxygen atoms in total. The van der Waals surface area contributed by atoms with Gasteiger partial charge in [0.25, 0.3) is 5.91 Å². The Morgan fingerprint density at radius 1 is 1.18 bits per heavy atom. The van der Waals surface area contributed by atoms with Crippen LogP contribution in [0.4, 0.5) is 0 Å². The zero-order valence-corrected chi connectivity index (χ0v) is 9.94. The van der Waals surface area contributed by atoms with E-state index in [0.29, 0.717) is 0 Å². The number of hydrogen-bond acceptors (Lipinski definition) is 6. The molecule has 0 saturated heterocycles. The van der Waals surface area contributed by atoms with Crippen molar-refractivity contribution in [2.75, 3.05) is 13.2 Å². The largest absolute Gasteiger partial charge is 0.463 e. The fraction of sp³-hybridized carbons (Fsp3) is 0.600. The monoisotopic (exact) mass is 245 g/mol. The van der Waals surface area contributed by atoms with Crippen LogP contribution in [0.3, 0.4) is 0 Å². The molecule has 0 fully saturated rings. The number of ketones is 1. The van der Waals surface area contributed by atoms with Gasteiger partial charge in [-0.1, -0.05) is 0 Å². The van der Waals surface area contributed by atoms with Crippen molar-refractivity contribution >= 4 is 23.6 Å². The van der Waals surface area contributed by atoms with Gasteiger partial charge in [-0.15, -0.1) is 0 Å². The van der Waals surface area contributed by atoms with Crippen molar-refractivity contribution in [1.82, 2.24) is 5.32 Å². The molecule has 0 radical (unpaired) electrons. The van der Waals surface area contributed by atoms with Crippen molar-refractivity contribution in [3.63, 3.8) is 0 Å². The summed E-state index contributed by atoms with van der Waals surface area (Å²) >= 11 is 0. The zero-order valence-electron chi connectivity index (χ0n) is 9.94. The summed E-state index contributed by atoms with van der Waals surface area (Å²) in [5.74, 6) is -3.08. The first-order chi connectivity index (χ1) is 7.88. The molecule has 0 aliphatic heterocycles. The summed E-state index contributed by atoms with van der Waals surface area (Å²) in [6, 6.07) is -0.999. The van der Waals surface area contributed by atoms with E-state index in [4.69, 9.17) is 0 Å². The van der Waals surface area contributed by atoms with Gasteiger partial charge in [0.05, 0.1) is 6.61 Å². The van der Waals surface area contributed by atoms with Crippen molar-refractivity contribution in [2.24, 2.45) is 0 Å². The van der Waals surface area contributed by atoms with Crippen molar-refractivity contribution in [3.05, 3.63) is 0 Å². The number of amides is 1. The zero-order chi connectivity index (χ0) is 13.4. The van der Waals surface area contributed by atoms with Crippen molar-refractivity contribution in [3.8, 4) is 0 Å². The average Bonchev–Trinajstić information content (AvgIpc) is 2.25. The van der Waals surface area contributed by atoms with E-state index in [-0.39, 0.29) is 6.61 Å².